The van der Waals surface area contributed by atoms with Gasteiger partial charge in [-0.3, -0.25) is 14.4 Å². The van der Waals surface area contributed by atoms with E-state index in [2.05, 4.69) is 49.9 Å². The SMILES string of the molecule is C=CCN(CCCCC)C(=O)C1N([C@@H](CO)CC(C)C)C(=O)[C@@H]2[C@H](C(=O)N(CC=C)c3ccccc3)[C@H]3SC12CC3Br. The minimum absolute atomic E-state index is 0.0253. The zero-order chi connectivity index (χ0) is 30.6. The molecule has 230 valence electrons. The van der Waals surface area contributed by atoms with Crippen LogP contribution in [-0.4, -0.2) is 85.8 Å². The highest BCUT2D eigenvalue weighted by molar-refractivity contribution is 9.09. The predicted octanol–water partition coefficient (Wildman–Crippen LogP) is 5.28. The molecule has 9 heteroatoms. The first-order chi connectivity index (χ1) is 20.2. The number of hydrogen-bond donors (Lipinski definition) is 1. The number of amides is 3. The van der Waals surface area contributed by atoms with Crippen LogP contribution in [0, 0.1) is 17.8 Å². The second-order valence-corrected chi connectivity index (χ2v) is 14.9. The minimum Gasteiger partial charge on any atom is -0.394 e. The van der Waals surface area contributed by atoms with E-state index >= 15 is 0 Å². The highest BCUT2D eigenvalue weighted by Gasteiger charge is 2.76. The van der Waals surface area contributed by atoms with Crippen molar-refractivity contribution in [1.82, 2.24) is 9.80 Å². The van der Waals surface area contributed by atoms with Crippen molar-refractivity contribution >= 4 is 51.1 Å². The van der Waals surface area contributed by atoms with Crippen molar-refractivity contribution in [2.75, 3.05) is 31.1 Å². The lowest BCUT2D eigenvalue weighted by molar-refractivity contribution is -0.146. The van der Waals surface area contributed by atoms with Crippen LogP contribution >= 0.6 is 27.7 Å². The van der Waals surface area contributed by atoms with Gasteiger partial charge in [-0.2, -0.15) is 0 Å². The number of carbonyl (C=O) groups is 3. The lowest BCUT2D eigenvalue weighted by Crippen LogP contribution is -2.58. The van der Waals surface area contributed by atoms with E-state index in [-0.39, 0.29) is 40.3 Å². The highest BCUT2D eigenvalue weighted by Crippen LogP contribution is 2.68. The van der Waals surface area contributed by atoms with Crippen LogP contribution in [0.15, 0.2) is 55.6 Å². The van der Waals surface area contributed by atoms with E-state index in [1.165, 1.54) is 0 Å². The van der Waals surface area contributed by atoms with E-state index in [9.17, 15) is 19.5 Å². The van der Waals surface area contributed by atoms with Gasteiger partial charge in [0.05, 0.1) is 29.2 Å². The molecule has 1 spiro atoms. The van der Waals surface area contributed by atoms with Gasteiger partial charge in [0.15, 0.2) is 0 Å². The van der Waals surface area contributed by atoms with Crippen LogP contribution < -0.4 is 4.90 Å². The Morgan fingerprint density at radius 2 is 1.86 bits per heavy atom. The molecule has 3 heterocycles. The van der Waals surface area contributed by atoms with Gasteiger partial charge in [-0.05, 0) is 37.3 Å². The van der Waals surface area contributed by atoms with E-state index in [1.54, 1.807) is 33.7 Å². The summed E-state index contributed by atoms with van der Waals surface area (Å²) in [5.74, 6) is -1.44. The third kappa shape index (κ3) is 5.98. The van der Waals surface area contributed by atoms with Gasteiger partial charge in [0.25, 0.3) is 0 Å². The van der Waals surface area contributed by atoms with Crippen LogP contribution in [0.25, 0.3) is 0 Å². The number of aliphatic hydroxyl groups excluding tert-OH is 1. The number of hydrogen-bond acceptors (Lipinski definition) is 5. The average molecular weight is 661 g/mol. The molecule has 0 saturated carbocycles. The van der Waals surface area contributed by atoms with E-state index in [1.807, 2.05) is 35.2 Å². The number of halogens is 1. The maximum Gasteiger partial charge on any atom is 0.247 e. The lowest BCUT2D eigenvalue weighted by Gasteiger charge is -2.40. The van der Waals surface area contributed by atoms with Gasteiger partial charge in [-0.15, -0.1) is 24.9 Å². The molecule has 2 bridgehead atoms. The first-order valence-corrected chi connectivity index (χ1v) is 17.1. The van der Waals surface area contributed by atoms with E-state index in [0.717, 1.165) is 24.9 Å². The molecule has 0 aliphatic carbocycles. The van der Waals surface area contributed by atoms with Crippen LogP contribution in [0.4, 0.5) is 5.69 Å². The Hall–Kier alpha value is -2.10. The number of rotatable bonds is 15. The summed E-state index contributed by atoms with van der Waals surface area (Å²) in [6, 6.07) is 8.22. The average Bonchev–Trinajstić information content (AvgIpc) is 3.57. The molecule has 3 unspecified atom stereocenters. The standard InChI is InChI=1S/C33H46BrN3O4S/c1-6-9-13-18-35(16-7-2)32(41)29-33-20-25(34)28(42-33)26(27(33)31(40)37(29)24(21-38)19-22(4)5)30(39)36(17-8-3)23-14-11-10-12-15-23/h7-8,10-12,14-15,22,24-29,38H,2-3,6,9,13,16-21H2,1,4-5H3/t24-,25?,26+,27+,28+,29?,33?/m1/s1. The smallest absolute Gasteiger partial charge is 0.247 e. The van der Waals surface area contributed by atoms with Gasteiger partial charge in [0.1, 0.15) is 6.04 Å². The number of nitrogens with zero attached hydrogens (tertiary/aromatic N) is 3. The highest BCUT2D eigenvalue weighted by atomic mass is 79.9. The number of likely N-dealkylation sites (tertiary alicyclic amines) is 1. The molecular formula is C33H46BrN3O4S. The summed E-state index contributed by atoms with van der Waals surface area (Å²) < 4.78 is -0.765. The van der Waals surface area contributed by atoms with Crippen molar-refractivity contribution in [3.05, 3.63) is 55.6 Å². The van der Waals surface area contributed by atoms with Gasteiger partial charge < -0.3 is 19.8 Å². The lowest BCUT2D eigenvalue weighted by atomic mass is 9.70. The number of fused-ring (bicyclic) bond motifs is 1. The van der Waals surface area contributed by atoms with Crippen molar-refractivity contribution in [1.29, 1.82) is 0 Å². The number of anilines is 1. The zero-order valence-electron chi connectivity index (χ0n) is 25.2. The maximum atomic E-state index is 14.7. The third-order valence-corrected chi connectivity index (χ3v) is 12.2. The molecule has 3 aliphatic heterocycles. The second kappa shape index (κ2) is 14.1. The van der Waals surface area contributed by atoms with Crippen molar-refractivity contribution in [3.8, 4) is 0 Å². The normalized spacial score (nSPS) is 28.6. The number of unbranched alkanes of at least 4 members (excludes halogenated alkanes) is 2. The predicted molar refractivity (Wildman–Crippen MR) is 175 cm³/mol. The van der Waals surface area contributed by atoms with Gasteiger partial charge in [-0.1, -0.05) is 79.9 Å². The van der Waals surface area contributed by atoms with Gasteiger partial charge in [0.2, 0.25) is 17.7 Å². The van der Waals surface area contributed by atoms with Gasteiger partial charge in [0, 0.05) is 35.4 Å². The van der Waals surface area contributed by atoms with Gasteiger partial charge >= 0.3 is 0 Å². The fourth-order valence-electron chi connectivity index (χ4n) is 7.26. The zero-order valence-corrected chi connectivity index (χ0v) is 27.6. The summed E-state index contributed by atoms with van der Waals surface area (Å²) in [6.45, 7) is 15.1. The van der Waals surface area contributed by atoms with Crippen molar-refractivity contribution < 1.29 is 19.5 Å². The van der Waals surface area contributed by atoms with Crippen LogP contribution in [0.1, 0.15) is 52.9 Å². The number of alkyl halides is 1. The van der Waals surface area contributed by atoms with Crippen molar-refractivity contribution in [3.63, 3.8) is 0 Å². The Morgan fingerprint density at radius 3 is 2.45 bits per heavy atom. The first-order valence-electron chi connectivity index (χ1n) is 15.3. The molecule has 1 N–H and O–H groups in total. The summed E-state index contributed by atoms with van der Waals surface area (Å²) in [6.07, 6.45) is 7.53. The Kier molecular flexibility index (Phi) is 11.0. The molecule has 0 aromatic heterocycles. The number of aliphatic hydroxyl groups is 1. The molecule has 3 saturated heterocycles. The minimum atomic E-state index is -0.765. The Labute approximate surface area is 263 Å². The van der Waals surface area contributed by atoms with Crippen LogP contribution in [-0.2, 0) is 14.4 Å². The number of carbonyl (C=O) groups excluding carboxylic acids is 3. The molecule has 1 aromatic carbocycles. The molecule has 7 atom stereocenters. The first kappa shape index (κ1) is 32.8. The molecule has 4 rings (SSSR count). The fourth-order valence-corrected chi connectivity index (χ4v) is 10.8. The number of benzene rings is 1. The molecule has 1 aromatic rings. The quantitative estimate of drug-likeness (QED) is 0.157. The molecule has 3 aliphatic rings. The Balaban J connectivity index is 1.80. The molecule has 42 heavy (non-hydrogen) atoms. The maximum absolute atomic E-state index is 14.7. The van der Waals surface area contributed by atoms with E-state index in [4.69, 9.17) is 0 Å². The fraction of sp³-hybridized carbons (Fsp3) is 0.606. The number of thioether (sulfide) groups is 1. The second-order valence-electron chi connectivity index (χ2n) is 12.2. The van der Waals surface area contributed by atoms with E-state index < -0.39 is 28.7 Å². The van der Waals surface area contributed by atoms with Crippen LogP contribution in [0.2, 0.25) is 0 Å². The summed E-state index contributed by atoms with van der Waals surface area (Å²) in [5, 5.41) is 10.4. The molecule has 3 fully saturated rings. The summed E-state index contributed by atoms with van der Waals surface area (Å²) in [5.41, 5.74) is 0.756. The summed E-state index contributed by atoms with van der Waals surface area (Å²) in [7, 11) is 0. The largest absolute Gasteiger partial charge is 0.394 e. The molecular weight excluding hydrogens is 614 g/mol. The van der Waals surface area contributed by atoms with Crippen LogP contribution in [0.3, 0.4) is 0 Å². The summed E-state index contributed by atoms with van der Waals surface area (Å²) >= 11 is 5.52. The monoisotopic (exact) mass is 659 g/mol. The van der Waals surface area contributed by atoms with Crippen molar-refractivity contribution in [2.45, 2.75) is 79.8 Å². The van der Waals surface area contributed by atoms with Crippen LogP contribution in [0.5, 0.6) is 0 Å². The third-order valence-electron chi connectivity index (χ3n) is 8.93. The topological polar surface area (TPSA) is 81.2 Å². The van der Waals surface area contributed by atoms with E-state index in [0.29, 0.717) is 32.5 Å². The van der Waals surface area contributed by atoms with Crippen molar-refractivity contribution in [2.24, 2.45) is 17.8 Å². The Morgan fingerprint density at radius 1 is 1.17 bits per heavy atom. The number of para-hydroxylation sites is 1. The molecule has 3 amide bonds. The Bertz CT molecular complexity index is 1150. The molecule has 0 radical (unpaired) electrons. The molecule has 7 nitrogen and oxygen atoms in total. The summed E-state index contributed by atoms with van der Waals surface area (Å²) in [4.78, 5) is 49.0. The van der Waals surface area contributed by atoms with Gasteiger partial charge in [-0.25, -0.2) is 0 Å².